The first-order chi connectivity index (χ1) is 16.5. The molecule has 0 saturated carbocycles. The Hall–Kier alpha value is -2.71. The highest BCUT2D eigenvalue weighted by atomic mass is 35.5. The van der Waals surface area contributed by atoms with Gasteiger partial charge in [-0.3, -0.25) is 9.69 Å². The summed E-state index contributed by atoms with van der Waals surface area (Å²) in [6.45, 7) is 3.80. The Labute approximate surface area is 208 Å². The van der Waals surface area contributed by atoms with Crippen molar-refractivity contribution < 1.29 is 9.90 Å². The average molecular weight is 498 g/mol. The summed E-state index contributed by atoms with van der Waals surface area (Å²) < 4.78 is 0. The maximum Gasteiger partial charge on any atom is 0.253 e. The Morgan fingerprint density at radius 3 is 2.03 bits per heavy atom. The summed E-state index contributed by atoms with van der Waals surface area (Å²) in [5.74, 6) is 0.620. The van der Waals surface area contributed by atoms with Gasteiger partial charge in [0.2, 0.25) is 5.95 Å². The predicted molar refractivity (Wildman–Crippen MR) is 133 cm³/mol. The number of halogens is 2. The monoisotopic (exact) mass is 497 g/mol. The number of aliphatic hydroxyl groups excluding tert-OH is 1. The van der Waals surface area contributed by atoms with Gasteiger partial charge in [-0.25, -0.2) is 9.97 Å². The molecule has 9 heteroatoms. The first-order valence-electron chi connectivity index (χ1n) is 11.3. The molecule has 0 bridgehead atoms. The molecule has 2 atom stereocenters. The summed E-state index contributed by atoms with van der Waals surface area (Å²) in [4.78, 5) is 28.0. The normalized spacial score (nSPS) is 21.1. The molecule has 0 aliphatic carbocycles. The lowest BCUT2D eigenvalue weighted by Gasteiger charge is -2.38. The molecule has 1 amide bonds. The average Bonchev–Trinajstić information content (AvgIpc) is 3.26. The lowest BCUT2D eigenvalue weighted by atomic mass is 10.1. The van der Waals surface area contributed by atoms with Crippen LogP contribution in [-0.4, -0.2) is 82.2 Å². The number of piperazine rings is 1. The molecular weight excluding hydrogens is 473 g/mol. The first kappa shape index (κ1) is 23.1. The third kappa shape index (κ3) is 4.88. The number of carbonyl (C=O) groups is 1. The van der Waals surface area contributed by atoms with Gasteiger partial charge < -0.3 is 14.9 Å². The van der Waals surface area contributed by atoms with E-state index >= 15 is 0 Å². The molecule has 7 nitrogen and oxygen atoms in total. The van der Waals surface area contributed by atoms with Crippen LogP contribution >= 0.6 is 23.2 Å². The van der Waals surface area contributed by atoms with Crippen molar-refractivity contribution in [1.29, 1.82) is 0 Å². The molecule has 1 N–H and O–H groups in total. The lowest BCUT2D eigenvalue weighted by Crippen LogP contribution is -2.54. The van der Waals surface area contributed by atoms with E-state index in [1.54, 1.807) is 36.7 Å². The minimum atomic E-state index is -0.502. The summed E-state index contributed by atoms with van der Waals surface area (Å²) in [5.41, 5.74) is 2.56. The van der Waals surface area contributed by atoms with E-state index in [4.69, 9.17) is 23.2 Å². The smallest absolute Gasteiger partial charge is 0.253 e. The van der Waals surface area contributed by atoms with Crippen LogP contribution in [0.3, 0.4) is 0 Å². The number of benzene rings is 2. The number of hydrogen-bond donors (Lipinski definition) is 1. The molecule has 176 valence electrons. The van der Waals surface area contributed by atoms with Gasteiger partial charge in [-0.2, -0.15) is 0 Å². The second kappa shape index (κ2) is 9.88. The molecule has 34 heavy (non-hydrogen) atoms. The van der Waals surface area contributed by atoms with Gasteiger partial charge in [0.25, 0.3) is 5.91 Å². The van der Waals surface area contributed by atoms with Crippen molar-refractivity contribution >= 4 is 35.1 Å². The van der Waals surface area contributed by atoms with Gasteiger partial charge in [-0.15, -0.1) is 0 Å². The van der Waals surface area contributed by atoms with E-state index in [2.05, 4.69) is 14.9 Å². The zero-order valence-electron chi connectivity index (χ0n) is 18.5. The van der Waals surface area contributed by atoms with Gasteiger partial charge in [0.05, 0.1) is 12.1 Å². The highest BCUT2D eigenvalue weighted by Crippen LogP contribution is 2.25. The van der Waals surface area contributed by atoms with E-state index in [0.29, 0.717) is 60.8 Å². The Morgan fingerprint density at radius 2 is 1.41 bits per heavy atom. The van der Waals surface area contributed by atoms with Crippen LogP contribution in [0.1, 0.15) is 10.4 Å². The molecular formula is C25H25Cl2N5O2. The first-order valence-corrected chi connectivity index (χ1v) is 12.0. The van der Waals surface area contributed by atoms with Crippen LogP contribution in [-0.2, 0) is 0 Å². The zero-order chi connectivity index (χ0) is 23.7. The van der Waals surface area contributed by atoms with E-state index in [0.717, 1.165) is 11.1 Å². The van der Waals surface area contributed by atoms with Gasteiger partial charge in [0, 0.05) is 72.8 Å². The van der Waals surface area contributed by atoms with E-state index in [9.17, 15) is 9.90 Å². The van der Waals surface area contributed by atoms with Crippen LogP contribution in [0, 0.1) is 0 Å². The van der Waals surface area contributed by atoms with Crippen LogP contribution in [0.5, 0.6) is 0 Å². The number of hydrogen-bond acceptors (Lipinski definition) is 6. The minimum Gasteiger partial charge on any atom is -0.390 e. The molecule has 2 aliphatic heterocycles. The Kier molecular flexibility index (Phi) is 6.70. The van der Waals surface area contributed by atoms with Crippen LogP contribution in [0.4, 0.5) is 5.95 Å². The largest absolute Gasteiger partial charge is 0.390 e. The topological polar surface area (TPSA) is 72.8 Å². The molecule has 1 aromatic heterocycles. The number of anilines is 1. The molecule has 3 aromatic rings. The van der Waals surface area contributed by atoms with Crippen molar-refractivity contribution in [1.82, 2.24) is 19.8 Å². The fraction of sp³-hybridized carbons (Fsp3) is 0.320. The fourth-order valence-corrected chi connectivity index (χ4v) is 4.85. The second-order valence-electron chi connectivity index (χ2n) is 8.65. The molecule has 3 heterocycles. The molecule has 0 unspecified atom stereocenters. The van der Waals surface area contributed by atoms with Gasteiger partial charge in [-0.05, 0) is 42.0 Å². The molecule has 5 rings (SSSR count). The third-order valence-electron chi connectivity index (χ3n) is 6.52. The van der Waals surface area contributed by atoms with Gasteiger partial charge in [-0.1, -0.05) is 35.3 Å². The van der Waals surface area contributed by atoms with Gasteiger partial charge in [0.1, 0.15) is 0 Å². The van der Waals surface area contributed by atoms with Crippen molar-refractivity contribution in [2.45, 2.75) is 12.1 Å². The summed E-state index contributed by atoms with van der Waals surface area (Å²) >= 11 is 11.9. The van der Waals surface area contributed by atoms with Crippen molar-refractivity contribution in [3.63, 3.8) is 0 Å². The summed E-state index contributed by atoms with van der Waals surface area (Å²) in [7, 11) is 0. The molecule has 0 radical (unpaired) electrons. The van der Waals surface area contributed by atoms with Gasteiger partial charge in [0.15, 0.2) is 0 Å². The molecule has 2 fully saturated rings. The van der Waals surface area contributed by atoms with Crippen molar-refractivity contribution in [3.05, 3.63) is 76.5 Å². The highest BCUT2D eigenvalue weighted by Gasteiger charge is 2.38. The molecule has 2 aromatic carbocycles. The quantitative estimate of drug-likeness (QED) is 0.594. The Bertz CT molecular complexity index is 1130. The summed E-state index contributed by atoms with van der Waals surface area (Å²) in [6, 6.07) is 14.5. The van der Waals surface area contributed by atoms with E-state index < -0.39 is 6.10 Å². The summed E-state index contributed by atoms with van der Waals surface area (Å²) in [6.07, 6.45) is 3.09. The zero-order valence-corrected chi connectivity index (χ0v) is 20.0. The number of aliphatic hydroxyl groups is 1. The number of rotatable bonds is 4. The number of β-amino-alcohol motifs (C(OH)–C–C–N with tert-alkyl or cyclic N) is 1. The van der Waals surface area contributed by atoms with E-state index in [1.165, 1.54) is 0 Å². The Morgan fingerprint density at radius 1 is 0.824 bits per heavy atom. The summed E-state index contributed by atoms with van der Waals surface area (Å²) in [5, 5.41) is 12.1. The second-order valence-corrected chi connectivity index (χ2v) is 9.53. The lowest BCUT2D eigenvalue weighted by molar-refractivity contribution is 0.0376. The minimum absolute atomic E-state index is 0.0130. The number of amides is 1. The van der Waals surface area contributed by atoms with Gasteiger partial charge >= 0.3 is 0 Å². The van der Waals surface area contributed by atoms with Crippen LogP contribution in [0.25, 0.3) is 11.1 Å². The fourth-order valence-electron chi connectivity index (χ4n) is 4.60. The van der Waals surface area contributed by atoms with Crippen LogP contribution in [0.2, 0.25) is 10.0 Å². The predicted octanol–water partition coefficient (Wildman–Crippen LogP) is 3.46. The number of carbonyl (C=O) groups excluding carboxylic acids is 1. The van der Waals surface area contributed by atoms with Crippen molar-refractivity contribution in [2.75, 3.05) is 44.2 Å². The van der Waals surface area contributed by atoms with E-state index in [1.807, 2.05) is 34.1 Å². The maximum absolute atomic E-state index is 12.8. The van der Waals surface area contributed by atoms with Crippen molar-refractivity contribution in [2.24, 2.45) is 0 Å². The number of nitrogens with zero attached hydrogens (tertiary/aromatic N) is 5. The van der Waals surface area contributed by atoms with Crippen LogP contribution < -0.4 is 4.90 Å². The maximum atomic E-state index is 12.8. The molecule has 0 spiro atoms. The SMILES string of the molecule is O=C(c1ccc(Cl)cc1)N1CCN([C@@H]2CN(c3ncc(-c4ccc(Cl)cc4)cn3)C[C@H]2O)CC1. The van der Waals surface area contributed by atoms with E-state index in [-0.39, 0.29) is 11.9 Å². The number of aromatic nitrogens is 2. The van der Waals surface area contributed by atoms with Crippen LogP contribution in [0.15, 0.2) is 60.9 Å². The third-order valence-corrected chi connectivity index (χ3v) is 7.02. The van der Waals surface area contributed by atoms with Crippen molar-refractivity contribution in [3.8, 4) is 11.1 Å². The standard InChI is InChI=1S/C25H25Cl2N5O2/c26-20-5-1-17(2-6-20)19-13-28-25(29-14-19)32-15-22(23(33)16-32)30-9-11-31(12-10-30)24(34)18-3-7-21(27)8-4-18/h1-8,13-14,22-23,33H,9-12,15-16H2/t22-,23-/m1/s1. The molecule has 2 aliphatic rings. The Balaban J connectivity index is 1.18. The highest BCUT2D eigenvalue weighted by molar-refractivity contribution is 6.30. The molecule has 2 saturated heterocycles.